The Morgan fingerprint density at radius 1 is 1.15 bits per heavy atom. The Balaban J connectivity index is 1.66. The van der Waals surface area contributed by atoms with Gasteiger partial charge in [0.15, 0.2) is 0 Å². The predicted octanol–water partition coefficient (Wildman–Crippen LogP) is 4.36. The molecule has 0 spiro atoms. The summed E-state index contributed by atoms with van der Waals surface area (Å²) < 4.78 is 1.87. The minimum Gasteiger partial charge on any atom is -0.493 e. The van der Waals surface area contributed by atoms with Crippen LogP contribution in [0.15, 0.2) is 42.6 Å². The van der Waals surface area contributed by atoms with E-state index in [2.05, 4.69) is 10.3 Å². The van der Waals surface area contributed by atoms with Crippen molar-refractivity contribution in [3.05, 3.63) is 48.3 Å². The summed E-state index contributed by atoms with van der Waals surface area (Å²) in [4.78, 5) is 16.8. The number of nitrogens with zero attached hydrogens (tertiary/aromatic N) is 3. The van der Waals surface area contributed by atoms with Crippen LogP contribution in [0.4, 0.5) is 5.69 Å². The molecule has 1 aliphatic rings. The van der Waals surface area contributed by atoms with Gasteiger partial charge in [-0.15, -0.1) is 0 Å². The number of amides is 1. The van der Waals surface area contributed by atoms with Crippen LogP contribution in [-0.2, 0) is 6.54 Å². The molecule has 0 saturated heterocycles. The maximum Gasteiger partial charge on any atom is 0.274 e. The fourth-order valence-electron chi connectivity index (χ4n) is 3.93. The molecule has 2 aromatic heterocycles. The van der Waals surface area contributed by atoms with Gasteiger partial charge < -0.3 is 10.4 Å². The van der Waals surface area contributed by atoms with E-state index in [1.807, 2.05) is 28.9 Å². The molecule has 1 aliphatic carbocycles. The van der Waals surface area contributed by atoms with Crippen molar-refractivity contribution in [2.24, 2.45) is 5.92 Å². The molecule has 1 aromatic carbocycles. The molecule has 2 heterocycles. The van der Waals surface area contributed by atoms with E-state index in [0.717, 1.165) is 17.4 Å². The Labute approximate surface area is 158 Å². The number of aromatic hydroxyl groups is 1. The third kappa shape index (κ3) is 3.94. The Morgan fingerprint density at radius 2 is 1.93 bits per heavy atom. The highest BCUT2D eigenvalue weighted by Crippen LogP contribution is 2.27. The van der Waals surface area contributed by atoms with E-state index in [9.17, 15) is 9.90 Å². The number of fused-ring (bicyclic) bond motifs is 1. The van der Waals surface area contributed by atoms with Crippen molar-refractivity contribution < 1.29 is 9.90 Å². The highest BCUT2D eigenvalue weighted by Gasteiger charge is 2.21. The van der Waals surface area contributed by atoms with Crippen molar-refractivity contribution in [1.29, 1.82) is 0 Å². The number of pyridine rings is 1. The van der Waals surface area contributed by atoms with Crippen LogP contribution in [-0.4, -0.2) is 25.8 Å². The summed E-state index contributed by atoms with van der Waals surface area (Å²) >= 11 is 0. The third-order valence-corrected chi connectivity index (χ3v) is 5.27. The number of anilines is 1. The van der Waals surface area contributed by atoms with Gasteiger partial charge in [-0.2, -0.15) is 5.10 Å². The van der Waals surface area contributed by atoms with Crippen LogP contribution in [0.3, 0.4) is 0 Å². The maximum absolute atomic E-state index is 13.1. The molecule has 1 saturated carbocycles. The standard InChI is InChI=1S/C21H24N4O2/c26-19-13-16(11-12-22-19)23-21(27)20-17-9-5-6-10-18(17)24-25(20)14-15-7-3-1-2-4-8-15/h5-6,9-13,15H,1-4,7-8,14H2,(H2,22,23,26,27). The zero-order chi connectivity index (χ0) is 18.6. The molecule has 0 radical (unpaired) electrons. The van der Waals surface area contributed by atoms with Gasteiger partial charge >= 0.3 is 0 Å². The van der Waals surface area contributed by atoms with E-state index in [-0.39, 0.29) is 11.8 Å². The Bertz CT molecular complexity index is 942. The summed E-state index contributed by atoms with van der Waals surface area (Å²) in [5, 5.41) is 18.0. The van der Waals surface area contributed by atoms with Gasteiger partial charge in [0, 0.05) is 29.9 Å². The van der Waals surface area contributed by atoms with Gasteiger partial charge in [0.05, 0.1) is 5.52 Å². The molecular formula is C21H24N4O2. The van der Waals surface area contributed by atoms with E-state index < -0.39 is 0 Å². The fourth-order valence-corrected chi connectivity index (χ4v) is 3.93. The van der Waals surface area contributed by atoms with Crippen LogP contribution in [0.5, 0.6) is 5.88 Å². The van der Waals surface area contributed by atoms with Crippen molar-refractivity contribution in [3.8, 4) is 5.88 Å². The summed E-state index contributed by atoms with van der Waals surface area (Å²) in [6.45, 7) is 0.763. The SMILES string of the molecule is O=C(Nc1ccnc(O)c1)c1c2ccccc2nn1CC1CCCCCC1. The van der Waals surface area contributed by atoms with Crippen molar-refractivity contribution in [1.82, 2.24) is 14.8 Å². The van der Waals surface area contributed by atoms with Crippen molar-refractivity contribution in [2.45, 2.75) is 45.1 Å². The molecular weight excluding hydrogens is 340 g/mol. The van der Waals surface area contributed by atoms with Gasteiger partial charge in [-0.1, -0.05) is 43.9 Å². The van der Waals surface area contributed by atoms with Gasteiger partial charge in [0.25, 0.3) is 5.91 Å². The minimum atomic E-state index is -0.220. The normalized spacial score (nSPS) is 15.6. The molecule has 1 amide bonds. The molecule has 1 fully saturated rings. The summed E-state index contributed by atoms with van der Waals surface area (Å²) in [5.41, 5.74) is 1.92. The molecule has 2 N–H and O–H groups in total. The zero-order valence-electron chi connectivity index (χ0n) is 15.3. The number of hydrogen-bond donors (Lipinski definition) is 2. The first-order chi connectivity index (χ1) is 13.2. The summed E-state index contributed by atoms with van der Waals surface area (Å²) in [5.74, 6) is 0.214. The van der Waals surface area contributed by atoms with Crippen molar-refractivity contribution in [3.63, 3.8) is 0 Å². The lowest BCUT2D eigenvalue weighted by Crippen LogP contribution is -2.21. The third-order valence-electron chi connectivity index (χ3n) is 5.27. The number of carbonyl (C=O) groups excluding carboxylic acids is 1. The number of nitrogens with one attached hydrogen (secondary N) is 1. The number of benzene rings is 1. The number of hydrogen-bond acceptors (Lipinski definition) is 4. The van der Waals surface area contributed by atoms with Crippen LogP contribution >= 0.6 is 0 Å². The molecule has 0 unspecified atom stereocenters. The first-order valence-corrected chi connectivity index (χ1v) is 9.62. The van der Waals surface area contributed by atoms with E-state index in [1.165, 1.54) is 50.8 Å². The molecule has 6 nitrogen and oxygen atoms in total. The van der Waals surface area contributed by atoms with Crippen LogP contribution in [0.25, 0.3) is 10.9 Å². The number of carbonyl (C=O) groups is 1. The van der Waals surface area contributed by atoms with Crippen LogP contribution < -0.4 is 5.32 Å². The van der Waals surface area contributed by atoms with Crippen molar-refractivity contribution >= 4 is 22.5 Å². The molecule has 27 heavy (non-hydrogen) atoms. The lowest BCUT2D eigenvalue weighted by molar-refractivity contribution is 0.101. The lowest BCUT2D eigenvalue weighted by Gasteiger charge is -2.16. The highest BCUT2D eigenvalue weighted by atomic mass is 16.3. The quantitative estimate of drug-likeness (QED) is 0.674. The Hall–Kier alpha value is -2.89. The largest absolute Gasteiger partial charge is 0.493 e. The first-order valence-electron chi connectivity index (χ1n) is 9.62. The average Bonchev–Trinajstić information content (AvgIpc) is 2.81. The Morgan fingerprint density at radius 3 is 2.70 bits per heavy atom. The van der Waals surface area contributed by atoms with E-state index in [4.69, 9.17) is 5.10 Å². The van der Waals surface area contributed by atoms with Crippen LogP contribution in [0.1, 0.15) is 49.0 Å². The topological polar surface area (TPSA) is 80.0 Å². The van der Waals surface area contributed by atoms with Gasteiger partial charge in [0.1, 0.15) is 5.69 Å². The Kier molecular flexibility index (Phi) is 5.05. The van der Waals surface area contributed by atoms with Gasteiger partial charge in [-0.05, 0) is 30.9 Å². The van der Waals surface area contributed by atoms with E-state index in [1.54, 1.807) is 6.07 Å². The molecule has 140 valence electrons. The maximum atomic E-state index is 13.1. The second kappa shape index (κ2) is 7.78. The summed E-state index contributed by atoms with van der Waals surface area (Å²) in [6.07, 6.45) is 8.95. The fraction of sp³-hybridized carbons (Fsp3) is 0.381. The second-order valence-corrected chi connectivity index (χ2v) is 7.26. The zero-order valence-corrected chi connectivity index (χ0v) is 15.3. The van der Waals surface area contributed by atoms with Gasteiger partial charge in [-0.25, -0.2) is 4.98 Å². The molecule has 0 aliphatic heterocycles. The smallest absolute Gasteiger partial charge is 0.274 e. The molecule has 0 atom stereocenters. The van der Waals surface area contributed by atoms with Gasteiger partial charge in [-0.3, -0.25) is 9.48 Å². The molecule has 6 heteroatoms. The second-order valence-electron chi connectivity index (χ2n) is 7.26. The van der Waals surface area contributed by atoms with Crippen molar-refractivity contribution in [2.75, 3.05) is 5.32 Å². The molecule has 0 bridgehead atoms. The summed E-state index contributed by atoms with van der Waals surface area (Å²) in [7, 11) is 0. The number of aromatic nitrogens is 3. The van der Waals surface area contributed by atoms with Crippen LogP contribution in [0.2, 0.25) is 0 Å². The average molecular weight is 364 g/mol. The predicted molar refractivity (Wildman–Crippen MR) is 105 cm³/mol. The first kappa shape index (κ1) is 17.5. The lowest BCUT2D eigenvalue weighted by atomic mass is 10.0. The monoisotopic (exact) mass is 364 g/mol. The van der Waals surface area contributed by atoms with Crippen LogP contribution in [0, 0.1) is 5.92 Å². The minimum absolute atomic E-state index is 0.121. The number of rotatable bonds is 4. The highest BCUT2D eigenvalue weighted by molar-refractivity contribution is 6.11. The molecule has 3 aromatic rings. The summed E-state index contributed by atoms with van der Waals surface area (Å²) in [6, 6.07) is 10.8. The van der Waals surface area contributed by atoms with Gasteiger partial charge in [0.2, 0.25) is 5.88 Å². The van der Waals surface area contributed by atoms with E-state index >= 15 is 0 Å². The van der Waals surface area contributed by atoms with E-state index in [0.29, 0.717) is 17.3 Å². The molecule has 4 rings (SSSR count).